The number of hydrogen-bond donors (Lipinski definition) is 1. The quantitative estimate of drug-likeness (QED) is 0.798. The van der Waals surface area contributed by atoms with Crippen molar-refractivity contribution in [3.8, 4) is 0 Å². The summed E-state index contributed by atoms with van der Waals surface area (Å²) >= 11 is 0. The molecule has 0 aliphatic heterocycles. The molecule has 0 radical (unpaired) electrons. The Bertz CT molecular complexity index is 510. The molecule has 0 aliphatic rings. The number of nitrogens with one attached hydrogen (secondary N) is 1. The Hall–Kier alpha value is -2.04. The molecule has 0 aliphatic carbocycles. The van der Waals surface area contributed by atoms with E-state index >= 15 is 0 Å². The summed E-state index contributed by atoms with van der Waals surface area (Å²) in [6.45, 7) is 6.39. The molecule has 23 heavy (non-hydrogen) atoms. The third-order valence-corrected chi connectivity index (χ3v) is 3.60. The topological polar surface area (TPSA) is 52.7 Å². The number of likely N-dealkylation sites (N-methyl/N-ethyl adjacent to an activating group) is 1. The van der Waals surface area contributed by atoms with Crippen LogP contribution < -0.4 is 10.2 Å². The lowest BCUT2D eigenvalue weighted by molar-refractivity contribution is -0.136. The van der Waals surface area contributed by atoms with Crippen molar-refractivity contribution in [2.24, 2.45) is 0 Å². The van der Waals surface area contributed by atoms with Crippen LogP contribution in [0.5, 0.6) is 0 Å². The second kappa shape index (κ2) is 9.18. The molecule has 0 unspecified atom stereocenters. The minimum atomic E-state index is -0.106. The highest BCUT2D eigenvalue weighted by Crippen LogP contribution is 2.13. The first kappa shape index (κ1) is 19.0. The zero-order valence-electron chi connectivity index (χ0n) is 14.9. The van der Waals surface area contributed by atoms with Gasteiger partial charge in [0.05, 0.1) is 6.54 Å². The zero-order valence-corrected chi connectivity index (χ0v) is 14.9. The second-order valence-corrected chi connectivity index (χ2v) is 6.19. The lowest BCUT2D eigenvalue weighted by Crippen LogP contribution is -2.42. The van der Waals surface area contributed by atoms with Gasteiger partial charge in [0.15, 0.2) is 0 Å². The SMILES string of the molecule is CCN(CC(=O)NC(C)C)C(=O)CCc1ccc(N(C)C)cc1. The maximum atomic E-state index is 12.3. The molecule has 0 heterocycles. The van der Waals surface area contributed by atoms with Gasteiger partial charge in [0.25, 0.3) is 0 Å². The number of aryl methyl sites for hydroxylation is 1. The molecule has 0 saturated heterocycles. The average molecular weight is 319 g/mol. The van der Waals surface area contributed by atoms with Crippen LogP contribution in [0.3, 0.4) is 0 Å². The van der Waals surface area contributed by atoms with Gasteiger partial charge in [0, 0.05) is 38.8 Å². The minimum absolute atomic E-state index is 0.0168. The number of benzene rings is 1. The van der Waals surface area contributed by atoms with Crippen molar-refractivity contribution in [1.29, 1.82) is 0 Å². The molecule has 1 aromatic rings. The number of anilines is 1. The summed E-state index contributed by atoms with van der Waals surface area (Å²) in [6.07, 6.45) is 1.11. The molecule has 5 nitrogen and oxygen atoms in total. The summed E-state index contributed by atoms with van der Waals surface area (Å²) in [5.41, 5.74) is 2.27. The summed E-state index contributed by atoms with van der Waals surface area (Å²) in [6, 6.07) is 8.28. The number of amides is 2. The minimum Gasteiger partial charge on any atom is -0.378 e. The van der Waals surface area contributed by atoms with Gasteiger partial charge in [-0.2, -0.15) is 0 Å². The van der Waals surface area contributed by atoms with E-state index in [-0.39, 0.29) is 24.4 Å². The van der Waals surface area contributed by atoms with Gasteiger partial charge in [-0.25, -0.2) is 0 Å². The molecule has 5 heteroatoms. The Balaban J connectivity index is 2.51. The molecular formula is C18H29N3O2. The Kier molecular flexibility index (Phi) is 7.59. The van der Waals surface area contributed by atoms with E-state index in [0.717, 1.165) is 11.3 Å². The molecule has 0 aromatic heterocycles. The third-order valence-electron chi connectivity index (χ3n) is 3.60. The second-order valence-electron chi connectivity index (χ2n) is 6.19. The van der Waals surface area contributed by atoms with Crippen LogP contribution >= 0.6 is 0 Å². The Morgan fingerprint density at radius 1 is 1.13 bits per heavy atom. The highest BCUT2D eigenvalue weighted by molar-refractivity contribution is 5.85. The fourth-order valence-corrected chi connectivity index (χ4v) is 2.29. The third kappa shape index (κ3) is 6.72. The van der Waals surface area contributed by atoms with Gasteiger partial charge in [-0.3, -0.25) is 9.59 Å². The molecular weight excluding hydrogens is 290 g/mol. The largest absolute Gasteiger partial charge is 0.378 e. The van der Waals surface area contributed by atoms with Crippen molar-refractivity contribution in [2.45, 2.75) is 39.7 Å². The highest BCUT2D eigenvalue weighted by Gasteiger charge is 2.15. The number of rotatable bonds is 8. The van der Waals surface area contributed by atoms with Crippen molar-refractivity contribution < 1.29 is 9.59 Å². The Morgan fingerprint density at radius 3 is 2.22 bits per heavy atom. The van der Waals surface area contributed by atoms with Crippen LogP contribution in [0, 0.1) is 0 Å². The van der Waals surface area contributed by atoms with E-state index in [2.05, 4.69) is 5.32 Å². The van der Waals surface area contributed by atoms with Crippen molar-refractivity contribution >= 4 is 17.5 Å². The molecule has 128 valence electrons. The number of hydrogen-bond acceptors (Lipinski definition) is 3. The first-order valence-electron chi connectivity index (χ1n) is 8.16. The lowest BCUT2D eigenvalue weighted by Gasteiger charge is -2.21. The molecule has 0 spiro atoms. The van der Waals surface area contributed by atoms with E-state index in [1.807, 2.05) is 64.0 Å². The van der Waals surface area contributed by atoms with Crippen molar-refractivity contribution in [3.05, 3.63) is 29.8 Å². The van der Waals surface area contributed by atoms with Crippen LogP contribution in [0.25, 0.3) is 0 Å². The number of nitrogens with zero attached hydrogens (tertiary/aromatic N) is 2. The van der Waals surface area contributed by atoms with Crippen molar-refractivity contribution in [1.82, 2.24) is 10.2 Å². The lowest BCUT2D eigenvalue weighted by atomic mass is 10.1. The Morgan fingerprint density at radius 2 is 1.74 bits per heavy atom. The summed E-state index contributed by atoms with van der Waals surface area (Å²) in [5.74, 6) is -0.0892. The molecule has 0 saturated carbocycles. The number of carbonyl (C=O) groups is 2. The molecule has 0 atom stereocenters. The molecule has 1 rings (SSSR count). The van der Waals surface area contributed by atoms with Crippen molar-refractivity contribution in [3.63, 3.8) is 0 Å². The monoisotopic (exact) mass is 319 g/mol. The number of carbonyl (C=O) groups excluding carboxylic acids is 2. The van der Waals surface area contributed by atoms with Gasteiger partial charge >= 0.3 is 0 Å². The van der Waals surface area contributed by atoms with Crippen LogP contribution in [0.1, 0.15) is 32.8 Å². The van der Waals surface area contributed by atoms with Gasteiger partial charge in [-0.1, -0.05) is 12.1 Å². The van der Waals surface area contributed by atoms with Crippen molar-refractivity contribution in [2.75, 3.05) is 32.1 Å². The summed E-state index contributed by atoms with van der Waals surface area (Å²) in [4.78, 5) is 27.7. The molecule has 2 amide bonds. The van der Waals surface area contributed by atoms with E-state index in [1.165, 1.54) is 0 Å². The molecule has 1 aromatic carbocycles. The first-order valence-corrected chi connectivity index (χ1v) is 8.16. The molecule has 0 fully saturated rings. The maximum absolute atomic E-state index is 12.3. The first-order chi connectivity index (χ1) is 10.8. The predicted octanol–water partition coefficient (Wildman–Crippen LogP) is 2.06. The zero-order chi connectivity index (χ0) is 17.4. The summed E-state index contributed by atoms with van der Waals surface area (Å²) in [5, 5.41) is 2.82. The average Bonchev–Trinajstić information content (AvgIpc) is 2.49. The summed E-state index contributed by atoms with van der Waals surface area (Å²) < 4.78 is 0. The van der Waals surface area contributed by atoms with Crippen LogP contribution in [0.4, 0.5) is 5.69 Å². The van der Waals surface area contributed by atoms with E-state index in [4.69, 9.17) is 0 Å². The van der Waals surface area contributed by atoms with Crippen LogP contribution in [0.2, 0.25) is 0 Å². The van der Waals surface area contributed by atoms with Gasteiger partial charge < -0.3 is 15.1 Å². The highest BCUT2D eigenvalue weighted by atomic mass is 16.2. The van der Waals surface area contributed by atoms with E-state index < -0.39 is 0 Å². The maximum Gasteiger partial charge on any atom is 0.239 e. The molecule has 0 bridgehead atoms. The van der Waals surface area contributed by atoms with Gasteiger partial charge in [-0.15, -0.1) is 0 Å². The van der Waals surface area contributed by atoms with E-state index in [9.17, 15) is 9.59 Å². The van der Waals surface area contributed by atoms with Crippen LogP contribution in [0.15, 0.2) is 24.3 Å². The summed E-state index contributed by atoms with van der Waals surface area (Å²) in [7, 11) is 4.00. The normalized spacial score (nSPS) is 10.5. The fraction of sp³-hybridized carbons (Fsp3) is 0.556. The van der Waals surface area contributed by atoms with Crippen LogP contribution in [-0.2, 0) is 16.0 Å². The Labute approximate surface area is 139 Å². The van der Waals surface area contributed by atoms with Gasteiger partial charge in [0.2, 0.25) is 11.8 Å². The van der Waals surface area contributed by atoms with Gasteiger partial charge in [-0.05, 0) is 44.9 Å². The van der Waals surface area contributed by atoms with E-state index in [1.54, 1.807) is 4.90 Å². The fourth-order valence-electron chi connectivity index (χ4n) is 2.29. The van der Waals surface area contributed by atoms with Gasteiger partial charge in [0.1, 0.15) is 0 Å². The smallest absolute Gasteiger partial charge is 0.239 e. The van der Waals surface area contributed by atoms with Crippen LogP contribution in [-0.4, -0.2) is 49.9 Å². The van der Waals surface area contributed by atoms with E-state index in [0.29, 0.717) is 19.4 Å². The standard InChI is InChI=1S/C18H29N3O2/c1-6-21(13-17(22)19-14(2)3)18(23)12-9-15-7-10-16(11-8-15)20(4)5/h7-8,10-11,14H,6,9,12-13H2,1-5H3,(H,19,22). The predicted molar refractivity (Wildman–Crippen MR) is 94.6 cm³/mol. The molecule has 1 N–H and O–H groups in total.